The van der Waals surface area contributed by atoms with Gasteiger partial charge in [-0.25, -0.2) is 4.98 Å². The molecule has 1 aromatic heterocycles. The monoisotopic (exact) mass is 397 g/mol. The molecule has 2 N–H and O–H groups in total. The van der Waals surface area contributed by atoms with Gasteiger partial charge in [0.05, 0.1) is 17.4 Å². The Labute approximate surface area is 178 Å². The van der Waals surface area contributed by atoms with E-state index in [4.69, 9.17) is 0 Å². The maximum atomic E-state index is 4.47. The minimum Gasteiger partial charge on any atom is -0.345 e. The van der Waals surface area contributed by atoms with Crippen molar-refractivity contribution < 1.29 is 0 Å². The summed E-state index contributed by atoms with van der Waals surface area (Å²) in [6, 6.07) is 18.5. The smallest absolute Gasteiger partial charge is 0.0931 e. The lowest BCUT2D eigenvalue weighted by molar-refractivity contribution is 0.206. The van der Waals surface area contributed by atoms with E-state index in [9.17, 15) is 0 Å². The number of H-pyrrole nitrogens is 1. The van der Waals surface area contributed by atoms with Gasteiger partial charge in [-0.2, -0.15) is 0 Å². The third-order valence-corrected chi connectivity index (χ3v) is 6.99. The van der Waals surface area contributed by atoms with Crippen molar-refractivity contribution in [3.8, 4) is 11.1 Å². The van der Waals surface area contributed by atoms with Crippen molar-refractivity contribution in [2.24, 2.45) is 5.41 Å². The third kappa shape index (κ3) is 3.63. The van der Waals surface area contributed by atoms with Crippen LogP contribution in [0.15, 0.2) is 54.9 Å². The number of benzene rings is 3. The molecule has 0 saturated heterocycles. The van der Waals surface area contributed by atoms with Crippen molar-refractivity contribution >= 4 is 21.8 Å². The first-order valence-electron chi connectivity index (χ1n) is 11.2. The second-order valence-corrected chi connectivity index (χ2v) is 9.72. The van der Waals surface area contributed by atoms with Gasteiger partial charge in [0.15, 0.2) is 0 Å². The number of imidazole rings is 1. The predicted molar refractivity (Wildman–Crippen MR) is 127 cm³/mol. The molecular weight excluding hydrogens is 366 g/mol. The van der Waals surface area contributed by atoms with Crippen LogP contribution in [0.25, 0.3) is 32.9 Å². The van der Waals surface area contributed by atoms with Crippen molar-refractivity contribution in [3.05, 3.63) is 66.0 Å². The number of aromatic nitrogens is 2. The van der Waals surface area contributed by atoms with Crippen LogP contribution < -0.4 is 5.32 Å². The molecule has 1 aliphatic rings. The number of hydrogen-bond acceptors (Lipinski definition) is 2. The van der Waals surface area contributed by atoms with Crippen LogP contribution in [0, 0.1) is 12.3 Å². The van der Waals surface area contributed by atoms with Gasteiger partial charge in [0.1, 0.15) is 0 Å². The van der Waals surface area contributed by atoms with Gasteiger partial charge in [-0.15, -0.1) is 0 Å². The lowest BCUT2D eigenvalue weighted by Gasteiger charge is -2.34. The Morgan fingerprint density at radius 2 is 1.77 bits per heavy atom. The highest BCUT2D eigenvalue weighted by Crippen LogP contribution is 2.36. The highest BCUT2D eigenvalue weighted by atomic mass is 14.9. The number of aryl methyl sites for hydroxylation is 1. The van der Waals surface area contributed by atoms with Crippen LogP contribution in [0.5, 0.6) is 0 Å². The molecule has 3 aromatic carbocycles. The lowest BCUT2D eigenvalue weighted by Crippen LogP contribution is -2.35. The predicted octanol–water partition coefficient (Wildman–Crippen LogP) is 6.75. The van der Waals surface area contributed by atoms with E-state index in [1.165, 1.54) is 58.7 Å². The van der Waals surface area contributed by atoms with Crippen LogP contribution in [-0.2, 0) is 6.54 Å². The second kappa shape index (κ2) is 7.55. The van der Waals surface area contributed by atoms with Crippen molar-refractivity contribution in [2.75, 3.05) is 0 Å². The molecule has 1 heterocycles. The fourth-order valence-corrected chi connectivity index (χ4v) is 4.99. The van der Waals surface area contributed by atoms with E-state index in [0.29, 0.717) is 11.5 Å². The maximum Gasteiger partial charge on any atom is 0.0931 e. The van der Waals surface area contributed by atoms with Crippen LogP contribution in [0.4, 0.5) is 0 Å². The maximum absolute atomic E-state index is 4.47. The normalized spacial score (nSPS) is 17.0. The van der Waals surface area contributed by atoms with Crippen molar-refractivity contribution in [3.63, 3.8) is 0 Å². The molecule has 0 spiro atoms. The molecule has 0 atom stereocenters. The zero-order valence-corrected chi connectivity index (χ0v) is 18.3. The number of aromatic amines is 1. The number of nitrogens with one attached hydrogen (secondary N) is 2. The van der Waals surface area contributed by atoms with E-state index in [2.05, 4.69) is 84.6 Å². The average molecular weight is 398 g/mol. The Kier molecular flexibility index (Phi) is 4.86. The van der Waals surface area contributed by atoms with E-state index in [1.54, 1.807) is 6.33 Å². The molecule has 1 saturated carbocycles. The topological polar surface area (TPSA) is 40.7 Å². The highest BCUT2D eigenvalue weighted by molar-refractivity contribution is 6.00. The molecule has 154 valence electrons. The van der Waals surface area contributed by atoms with Crippen molar-refractivity contribution in [1.29, 1.82) is 0 Å². The summed E-state index contributed by atoms with van der Waals surface area (Å²) in [6.45, 7) is 7.92. The zero-order chi connectivity index (χ0) is 20.7. The molecule has 1 aliphatic carbocycles. The summed E-state index contributed by atoms with van der Waals surface area (Å²) in [6.07, 6.45) is 6.98. The second-order valence-electron chi connectivity index (χ2n) is 9.72. The Morgan fingerprint density at radius 3 is 2.57 bits per heavy atom. The minimum absolute atomic E-state index is 0.514. The zero-order valence-electron chi connectivity index (χ0n) is 18.3. The molecule has 30 heavy (non-hydrogen) atoms. The number of rotatable bonds is 4. The van der Waals surface area contributed by atoms with Crippen LogP contribution in [-0.4, -0.2) is 16.0 Å². The quantitative estimate of drug-likeness (QED) is 0.400. The van der Waals surface area contributed by atoms with Crippen LogP contribution in [0.3, 0.4) is 0 Å². The summed E-state index contributed by atoms with van der Waals surface area (Å²) in [5.74, 6) is 0. The molecule has 5 rings (SSSR count). The van der Waals surface area contributed by atoms with Gasteiger partial charge in [0.2, 0.25) is 0 Å². The Balaban J connectivity index is 1.47. The van der Waals surface area contributed by atoms with E-state index < -0.39 is 0 Å². The van der Waals surface area contributed by atoms with Crippen molar-refractivity contribution in [1.82, 2.24) is 15.3 Å². The average Bonchev–Trinajstić information content (AvgIpc) is 3.19. The number of hydrogen-bond donors (Lipinski definition) is 2. The van der Waals surface area contributed by atoms with Crippen molar-refractivity contribution in [2.45, 2.75) is 59.0 Å². The molecule has 3 heteroatoms. The van der Waals surface area contributed by atoms with Gasteiger partial charge in [-0.05, 0) is 83.2 Å². The van der Waals surface area contributed by atoms with Gasteiger partial charge >= 0.3 is 0 Å². The van der Waals surface area contributed by atoms with Crippen LogP contribution in [0.1, 0.15) is 50.7 Å². The Morgan fingerprint density at radius 1 is 1.00 bits per heavy atom. The van der Waals surface area contributed by atoms with E-state index in [1.807, 2.05) is 0 Å². The van der Waals surface area contributed by atoms with Gasteiger partial charge in [0, 0.05) is 12.6 Å². The molecule has 0 bridgehead atoms. The summed E-state index contributed by atoms with van der Waals surface area (Å²) in [7, 11) is 0. The Hall–Kier alpha value is -2.65. The molecule has 0 unspecified atom stereocenters. The fraction of sp³-hybridized carbons (Fsp3) is 0.370. The van der Waals surface area contributed by atoms with Gasteiger partial charge in [-0.1, -0.05) is 50.2 Å². The first-order valence-corrected chi connectivity index (χ1v) is 11.2. The lowest BCUT2D eigenvalue weighted by atomic mass is 9.75. The molecule has 1 fully saturated rings. The molecule has 0 radical (unpaired) electrons. The Bertz CT molecular complexity index is 1190. The summed E-state index contributed by atoms with van der Waals surface area (Å²) in [4.78, 5) is 7.69. The van der Waals surface area contributed by atoms with Gasteiger partial charge in [-0.3, -0.25) is 0 Å². The highest BCUT2D eigenvalue weighted by Gasteiger charge is 2.26. The van der Waals surface area contributed by atoms with Gasteiger partial charge < -0.3 is 10.3 Å². The SMILES string of the molecule is Cc1cc2[nH]cnc2cc1-c1ccc(CNC2CCC(C)(C)CC2)c2ccccc12. The molecule has 0 aliphatic heterocycles. The number of fused-ring (bicyclic) bond motifs is 2. The fourth-order valence-electron chi connectivity index (χ4n) is 4.99. The standard InChI is InChI=1S/C27H31N3/c1-18-14-25-26(30-17-29-25)15-24(18)23-9-8-19(21-6-4-5-7-22(21)23)16-28-20-10-12-27(2,3)13-11-20/h4-9,14-15,17,20,28H,10-13,16H2,1-3H3,(H,29,30). The molecule has 4 aromatic rings. The third-order valence-electron chi connectivity index (χ3n) is 6.99. The van der Waals surface area contributed by atoms with Crippen LogP contribution >= 0.6 is 0 Å². The van der Waals surface area contributed by atoms with Gasteiger partial charge in [0.25, 0.3) is 0 Å². The van der Waals surface area contributed by atoms with E-state index in [0.717, 1.165) is 17.6 Å². The first kappa shape index (κ1) is 19.3. The summed E-state index contributed by atoms with van der Waals surface area (Å²) >= 11 is 0. The van der Waals surface area contributed by atoms with Crippen LogP contribution in [0.2, 0.25) is 0 Å². The summed E-state index contributed by atoms with van der Waals surface area (Å²) in [5, 5.41) is 6.51. The molecule has 3 nitrogen and oxygen atoms in total. The first-order chi connectivity index (χ1) is 14.5. The molecule has 0 amide bonds. The van der Waals surface area contributed by atoms with E-state index in [-0.39, 0.29) is 0 Å². The summed E-state index contributed by atoms with van der Waals surface area (Å²) < 4.78 is 0. The van der Waals surface area contributed by atoms with E-state index >= 15 is 0 Å². The number of nitrogens with zero attached hydrogens (tertiary/aromatic N) is 1. The largest absolute Gasteiger partial charge is 0.345 e. The molecular formula is C27H31N3. The summed E-state index contributed by atoms with van der Waals surface area (Å²) in [5.41, 5.74) is 7.84. The minimum atomic E-state index is 0.514.